The third kappa shape index (κ3) is 6.19. The van der Waals surface area contributed by atoms with E-state index in [0.717, 1.165) is 11.3 Å². The third-order valence-electron chi connectivity index (χ3n) is 6.38. The molecule has 0 aliphatic carbocycles. The van der Waals surface area contributed by atoms with Gasteiger partial charge in [-0.2, -0.15) is 5.10 Å². The van der Waals surface area contributed by atoms with Gasteiger partial charge in [-0.3, -0.25) is 24.8 Å². The van der Waals surface area contributed by atoms with E-state index in [1.807, 2.05) is 6.92 Å². The van der Waals surface area contributed by atoms with E-state index < -0.39 is 33.1 Å². The van der Waals surface area contributed by atoms with E-state index in [1.165, 1.54) is 17.0 Å². The first-order chi connectivity index (χ1) is 18.3. The number of amides is 2. The molecule has 5 N–H and O–H groups in total. The van der Waals surface area contributed by atoms with E-state index in [4.69, 9.17) is 4.74 Å². The van der Waals surface area contributed by atoms with E-state index in [2.05, 4.69) is 20.8 Å². The van der Waals surface area contributed by atoms with E-state index >= 15 is 0 Å². The number of carbonyl (C=O) groups excluding carboxylic acids is 2. The van der Waals surface area contributed by atoms with Crippen LogP contribution >= 0.6 is 0 Å². The summed E-state index contributed by atoms with van der Waals surface area (Å²) in [7, 11) is -3.85. The Labute approximate surface area is 220 Å². The lowest BCUT2D eigenvalue weighted by molar-refractivity contribution is -0.135. The fourth-order valence-corrected chi connectivity index (χ4v) is 6.01. The molecule has 202 valence electrons. The number of hydrogen-bond donors (Lipinski definition) is 5. The van der Waals surface area contributed by atoms with Crippen LogP contribution in [0, 0.1) is 6.92 Å². The van der Waals surface area contributed by atoms with Gasteiger partial charge in [-0.05, 0) is 43.3 Å². The number of H-pyrrole nitrogens is 1. The molecule has 2 heterocycles. The summed E-state index contributed by atoms with van der Waals surface area (Å²) >= 11 is 0. The molecule has 0 saturated carbocycles. The number of hydrogen-bond acceptors (Lipinski definition) is 9. The molecule has 2 amide bonds. The minimum absolute atomic E-state index is 0.0835. The number of aromatic amines is 1. The van der Waals surface area contributed by atoms with Gasteiger partial charge in [0.05, 0.1) is 11.1 Å². The van der Waals surface area contributed by atoms with Crippen molar-refractivity contribution >= 4 is 21.7 Å². The summed E-state index contributed by atoms with van der Waals surface area (Å²) in [4.78, 5) is 27.1. The number of carbonyl (C=O) groups is 2. The number of aromatic nitrogens is 2. The molecule has 1 aliphatic rings. The molecule has 13 heteroatoms. The summed E-state index contributed by atoms with van der Waals surface area (Å²) in [6.07, 6.45) is 1.68. The molecule has 2 atom stereocenters. The van der Waals surface area contributed by atoms with Crippen molar-refractivity contribution in [2.75, 3.05) is 26.2 Å². The fourth-order valence-electron chi connectivity index (χ4n) is 4.22. The number of benzene rings is 2. The van der Waals surface area contributed by atoms with Gasteiger partial charge < -0.3 is 15.4 Å². The van der Waals surface area contributed by atoms with Crippen LogP contribution in [0.4, 0.5) is 0 Å². The maximum absolute atomic E-state index is 13.4. The second-order valence-electron chi connectivity index (χ2n) is 8.79. The standard InChI is InChI=1S/C25H30N6O6S/c1-17-19(13-28-29-17)16-37-20-9-7-18(8-10-20)24(32)27-14-22(25(33)30-34)31-12-11-26-15-23(31)38(35,36)21-5-3-2-4-6-21/h2-10,13,22-23,26,34H,11-12,14-16H2,1H3,(H,27,32)(H,28,29)(H,30,33). The van der Waals surface area contributed by atoms with Crippen LogP contribution in [-0.4, -0.2) is 78.1 Å². The number of rotatable bonds is 10. The third-order valence-corrected chi connectivity index (χ3v) is 8.46. The van der Waals surface area contributed by atoms with Crippen LogP contribution in [-0.2, 0) is 21.2 Å². The van der Waals surface area contributed by atoms with Crippen molar-refractivity contribution in [1.29, 1.82) is 0 Å². The van der Waals surface area contributed by atoms with E-state index in [1.54, 1.807) is 54.1 Å². The van der Waals surface area contributed by atoms with Gasteiger partial charge in [0.1, 0.15) is 23.8 Å². The van der Waals surface area contributed by atoms with Crippen LogP contribution < -0.4 is 20.9 Å². The Hall–Kier alpha value is -3.78. The van der Waals surface area contributed by atoms with Gasteiger partial charge in [0.2, 0.25) is 0 Å². The van der Waals surface area contributed by atoms with Crippen LogP contribution in [0.5, 0.6) is 5.75 Å². The van der Waals surface area contributed by atoms with Crippen molar-refractivity contribution in [2.24, 2.45) is 0 Å². The van der Waals surface area contributed by atoms with Crippen molar-refractivity contribution in [2.45, 2.75) is 29.8 Å². The maximum Gasteiger partial charge on any atom is 0.262 e. The molecule has 3 aromatic rings. The number of nitrogens with one attached hydrogen (secondary N) is 4. The Bertz CT molecular complexity index is 1350. The molecule has 0 spiro atoms. The highest BCUT2D eigenvalue weighted by molar-refractivity contribution is 7.92. The molecule has 1 aromatic heterocycles. The molecule has 2 aromatic carbocycles. The van der Waals surface area contributed by atoms with Crippen LogP contribution in [0.3, 0.4) is 0 Å². The van der Waals surface area contributed by atoms with Crippen LogP contribution in [0.15, 0.2) is 65.7 Å². The van der Waals surface area contributed by atoms with Gasteiger partial charge in [0.15, 0.2) is 9.84 Å². The number of ether oxygens (including phenoxy) is 1. The largest absolute Gasteiger partial charge is 0.489 e. The molecule has 12 nitrogen and oxygen atoms in total. The second-order valence-corrected chi connectivity index (χ2v) is 10.9. The molecular formula is C25H30N6O6S. The maximum atomic E-state index is 13.4. The predicted octanol–water partition coefficient (Wildman–Crippen LogP) is 0.606. The quantitative estimate of drug-likeness (QED) is 0.182. The topological polar surface area (TPSA) is 166 Å². The van der Waals surface area contributed by atoms with E-state index in [9.17, 15) is 23.2 Å². The molecule has 0 bridgehead atoms. The molecule has 38 heavy (non-hydrogen) atoms. The average Bonchev–Trinajstić information content (AvgIpc) is 3.37. The first kappa shape index (κ1) is 27.3. The molecule has 1 saturated heterocycles. The van der Waals surface area contributed by atoms with Crippen molar-refractivity contribution in [1.82, 2.24) is 31.2 Å². The predicted molar refractivity (Wildman–Crippen MR) is 137 cm³/mol. The number of nitrogens with zero attached hydrogens (tertiary/aromatic N) is 2. The highest BCUT2D eigenvalue weighted by Crippen LogP contribution is 2.22. The zero-order valence-electron chi connectivity index (χ0n) is 20.8. The Kier molecular flexibility index (Phi) is 8.73. The van der Waals surface area contributed by atoms with Crippen molar-refractivity contribution in [3.05, 3.63) is 77.6 Å². The van der Waals surface area contributed by atoms with Crippen LogP contribution in [0.25, 0.3) is 0 Å². The SMILES string of the molecule is Cc1[nH]ncc1COc1ccc(C(=O)NCC(C(=O)NO)N2CCNCC2S(=O)(=O)c2ccccc2)cc1. The Balaban J connectivity index is 1.44. The minimum atomic E-state index is -3.85. The van der Waals surface area contributed by atoms with Gasteiger partial charge in [-0.15, -0.1) is 0 Å². The highest BCUT2D eigenvalue weighted by Gasteiger charge is 2.41. The Morgan fingerprint density at radius 2 is 1.92 bits per heavy atom. The van der Waals surface area contributed by atoms with Gasteiger partial charge >= 0.3 is 0 Å². The van der Waals surface area contributed by atoms with Gasteiger partial charge in [0, 0.05) is 43.0 Å². The average molecular weight is 543 g/mol. The molecule has 2 unspecified atom stereocenters. The fraction of sp³-hybridized carbons (Fsp3) is 0.320. The lowest BCUT2D eigenvalue weighted by Crippen LogP contribution is -2.63. The van der Waals surface area contributed by atoms with Crippen LogP contribution in [0.2, 0.25) is 0 Å². The van der Waals surface area contributed by atoms with Crippen molar-refractivity contribution in [3.8, 4) is 5.75 Å². The number of sulfone groups is 1. The number of hydroxylamine groups is 1. The van der Waals surface area contributed by atoms with E-state index in [0.29, 0.717) is 24.5 Å². The molecule has 1 fully saturated rings. The summed E-state index contributed by atoms with van der Waals surface area (Å²) in [6, 6.07) is 13.3. The van der Waals surface area contributed by atoms with Crippen molar-refractivity contribution < 1.29 is 28.0 Å². The van der Waals surface area contributed by atoms with Crippen molar-refractivity contribution in [3.63, 3.8) is 0 Å². The van der Waals surface area contributed by atoms with Gasteiger partial charge in [-0.25, -0.2) is 13.9 Å². The zero-order chi connectivity index (χ0) is 27.1. The summed E-state index contributed by atoms with van der Waals surface area (Å²) in [5, 5.41) is 20.8. The first-order valence-corrected chi connectivity index (χ1v) is 13.5. The second kappa shape index (κ2) is 12.2. The molecular weight excluding hydrogens is 512 g/mol. The lowest BCUT2D eigenvalue weighted by atomic mass is 10.1. The smallest absolute Gasteiger partial charge is 0.262 e. The minimum Gasteiger partial charge on any atom is -0.489 e. The van der Waals surface area contributed by atoms with Gasteiger partial charge in [-0.1, -0.05) is 18.2 Å². The Morgan fingerprint density at radius 1 is 1.18 bits per heavy atom. The normalized spacial score (nSPS) is 16.9. The lowest BCUT2D eigenvalue weighted by Gasteiger charge is -2.39. The number of aryl methyl sites for hydroxylation is 1. The molecule has 1 aliphatic heterocycles. The van der Waals surface area contributed by atoms with E-state index in [-0.39, 0.29) is 24.5 Å². The molecule has 0 radical (unpaired) electrons. The summed E-state index contributed by atoms with van der Waals surface area (Å²) in [5.41, 5.74) is 3.76. The first-order valence-electron chi connectivity index (χ1n) is 12.0. The monoisotopic (exact) mass is 542 g/mol. The van der Waals surface area contributed by atoms with Crippen LogP contribution in [0.1, 0.15) is 21.6 Å². The highest BCUT2D eigenvalue weighted by atomic mass is 32.2. The number of piperazine rings is 1. The summed E-state index contributed by atoms with van der Waals surface area (Å²) in [5.74, 6) is -0.719. The van der Waals surface area contributed by atoms with Gasteiger partial charge in [0.25, 0.3) is 11.8 Å². The zero-order valence-corrected chi connectivity index (χ0v) is 21.6. The summed E-state index contributed by atoms with van der Waals surface area (Å²) in [6.45, 7) is 2.73. The summed E-state index contributed by atoms with van der Waals surface area (Å²) < 4.78 is 32.5. The molecule has 4 rings (SSSR count). The Morgan fingerprint density at radius 3 is 2.58 bits per heavy atom.